The third-order valence-corrected chi connectivity index (χ3v) is 3.90. The highest BCUT2D eigenvalue weighted by atomic mass is 16.5. The Labute approximate surface area is 127 Å². The fourth-order valence-electron chi connectivity index (χ4n) is 2.66. The minimum absolute atomic E-state index is 0.598. The molecule has 0 radical (unpaired) electrons. The zero-order chi connectivity index (χ0) is 15.2. The van der Waals surface area contributed by atoms with E-state index in [0.717, 1.165) is 35.7 Å². The first-order chi connectivity index (χ1) is 10.1. The maximum absolute atomic E-state index is 6.04. The van der Waals surface area contributed by atoms with Gasteiger partial charge in [-0.15, -0.1) is 0 Å². The minimum Gasteiger partial charge on any atom is -0.497 e. The first-order valence-corrected chi connectivity index (χ1v) is 7.91. The summed E-state index contributed by atoms with van der Waals surface area (Å²) in [6.45, 7) is 5.49. The quantitative estimate of drug-likeness (QED) is 0.740. The van der Waals surface area contributed by atoms with Gasteiger partial charge in [0.1, 0.15) is 5.75 Å². The van der Waals surface area contributed by atoms with Crippen molar-refractivity contribution in [2.24, 2.45) is 5.92 Å². The van der Waals surface area contributed by atoms with Gasteiger partial charge in [0.2, 0.25) is 5.95 Å². The number of nitrogens with zero attached hydrogens (tertiary/aromatic N) is 2. The number of nitrogen functional groups attached to an aromatic ring is 1. The van der Waals surface area contributed by atoms with Crippen molar-refractivity contribution >= 4 is 17.0 Å². The summed E-state index contributed by atoms with van der Waals surface area (Å²) in [5.41, 5.74) is 8.04. The number of aromatic nitrogens is 2. The first-order valence-electron chi connectivity index (χ1n) is 7.91. The number of nitrogens with two attached hydrogens (primary N) is 1. The molecule has 1 aromatic heterocycles. The minimum atomic E-state index is 0.598. The van der Waals surface area contributed by atoms with E-state index < -0.39 is 0 Å². The van der Waals surface area contributed by atoms with E-state index in [4.69, 9.17) is 10.5 Å². The molecular weight excluding hydrogens is 262 g/mol. The second kappa shape index (κ2) is 7.34. The normalized spacial score (nSPS) is 11.4. The van der Waals surface area contributed by atoms with Gasteiger partial charge >= 0.3 is 0 Å². The molecule has 2 rings (SSSR count). The summed E-state index contributed by atoms with van der Waals surface area (Å²) in [5.74, 6) is 2.26. The number of aryl methyl sites for hydroxylation is 1. The summed E-state index contributed by atoms with van der Waals surface area (Å²) in [5, 5.41) is 0. The molecule has 21 heavy (non-hydrogen) atoms. The third-order valence-electron chi connectivity index (χ3n) is 3.90. The van der Waals surface area contributed by atoms with Crippen molar-refractivity contribution in [2.45, 2.75) is 52.5 Å². The van der Waals surface area contributed by atoms with Gasteiger partial charge in [0.25, 0.3) is 0 Å². The molecule has 2 aromatic rings. The lowest BCUT2D eigenvalue weighted by Gasteiger charge is -2.08. The fourth-order valence-corrected chi connectivity index (χ4v) is 2.66. The van der Waals surface area contributed by atoms with Crippen LogP contribution >= 0.6 is 0 Å². The van der Waals surface area contributed by atoms with Crippen LogP contribution in [0.1, 0.15) is 46.0 Å². The molecule has 1 heterocycles. The van der Waals surface area contributed by atoms with Crippen molar-refractivity contribution in [3.63, 3.8) is 0 Å². The molecule has 0 fully saturated rings. The zero-order valence-corrected chi connectivity index (χ0v) is 13.4. The molecule has 0 aliphatic heterocycles. The van der Waals surface area contributed by atoms with E-state index in [1.807, 2.05) is 18.2 Å². The van der Waals surface area contributed by atoms with Crippen molar-refractivity contribution < 1.29 is 4.74 Å². The molecule has 116 valence electrons. The third kappa shape index (κ3) is 4.13. The molecule has 0 saturated heterocycles. The molecule has 0 saturated carbocycles. The van der Waals surface area contributed by atoms with E-state index in [1.54, 1.807) is 7.11 Å². The Hall–Kier alpha value is -1.71. The Morgan fingerprint density at radius 2 is 1.95 bits per heavy atom. The smallest absolute Gasteiger partial charge is 0.201 e. The Morgan fingerprint density at radius 1 is 1.19 bits per heavy atom. The van der Waals surface area contributed by atoms with E-state index in [2.05, 4.69) is 23.4 Å². The monoisotopic (exact) mass is 289 g/mol. The van der Waals surface area contributed by atoms with Gasteiger partial charge in [0.05, 0.1) is 18.1 Å². The van der Waals surface area contributed by atoms with Crippen LogP contribution in [0.5, 0.6) is 5.75 Å². The second-order valence-electron chi connectivity index (χ2n) is 6.07. The van der Waals surface area contributed by atoms with Crippen LogP contribution in [0, 0.1) is 5.92 Å². The Bertz CT molecular complexity index is 575. The van der Waals surface area contributed by atoms with E-state index in [9.17, 15) is 0 Å². The number of benzene rings is 1. The summed E-state index contributed by atoms with van der Waals surface area (Å²) >= 11 is 0. The Kier molecular flexibility index (Phi) is 5.48. The number of unbranched alkanes of at least 4 members (excludes halogenated alkanes) is 3. The standard InChI is InChI=1S/C17H27N3O/c1-13(2)8-6-4-5-7-11-20-16-12-14(21-3)9-10-15(16)19-17(20)18/h9-10,12-13H,4-8,11H2,1-3H3,(H2,18,19). The fraction of sp³-hybridized carbons (Fsp3) is 0.588. The van der Waals surface area contributed by atoms with Gasteiger partial charge in [-0.3, -0.25) is 0 Å². The number of hydrogen-bond acceptors (Lipinski definition) is 3. The molecule has 0 spiro atoms. The van der Waals surface area contributed by atoms with Crippen molar-refractivity contribution in [1.82, 2.24) is 9.55 Å². The molecule has 0 aliphatic rings. The van der Waals surface area contributed by atoms with Gasteiger partial charge < -0.3 is 15.0 Å². The van der Waals surface area contributed by atoms with Crippen LogP contribution in [0.15, 0.2) is 18.2 Å². The van der Waals surface area contributed by atoms with Crippen molar-refractivity contribution in [3.8, 4) is 5.75 Å². The summed E-state index contributed by atoms with van der Waals surface area (Å²) in [7, 11) is 1.68. The summed E-state index contributed by atoms with van der Waals surface area (Å²) in [6, 6.07) is 5.89. The van der Waals surface area contributed by atoms with Gasteiger partial charge in [-0.05, 0) is 24.5 Å². The van der Waals surface area contributed by atoms with Crippen LogP contribution in [-0.2, 0) is 6.54 Å². The van der Waals surface area contributed by atoms with Crippen LogP contribution in [-0.4, -0.2) is 16.7 Å². The van der Waals surface area contributed by atoms with E-state index >= 15 is 0 Å². The lowest BCUT2D eigenvalue weighted by Crippen LogP contribution is -2.03. The van der Waals surface area contributed by atoms with Crippen molar-refractivity contribution in [1.29, 1.82) is 0 Å². The maximum Gasteiger partial charge on any atom is 0.201 e. The maximum atomic E-state index is 6.04. The number of fused-ring (bicyclic) bond motifs is 1. The molecule has 1 aromatic carbocycles. The molecule has 2 N–H and O–H groups in total. The van der Waals surface area contributed by atoms with Crippen LogP contribution in [0.4, 0.5) is 5.95 Å². The average molecular weight is 289 g/mol. The van der Waals surface area contributed by atoms with Crippen LogP contribution in [0.25, 0.3) is 11.0 Å². The molecular formula is C17H27N3O. The molecule has 4 nitrogen and oxygen atoms in total. The Balaban J connectivity index is 1.93. The second-order valence-corrected chi connectivity index (χ2v) is 6.07. The van der Waals surface area contributed by atoms with E-state index in [-0.39, 0.29) is 0 Å². The van der Waals surface area contributed by atoms with Crippen molar-refractivity contribution in [3.05, 3.63) is 18.2 Å². The van der Waals surface area contributed by atoms with E-state index in [0.29, 0.717) is 5.95 Å². The van der Waals surface area contributed by atoms with Crippen LogP contribution < -0.4 is 10.5 Å². The number of ether oxygens (including phenoxy) is 1. The van der Waals surface area contributed by atoms with Gasteiger partial charge in [0, 0.05) is 12.6 Å². The highest BCUT2D eigenvalue weighted by Gasteiger charge is 2.08. The summed E-state index contributed by atoms with van der Waals surface area (Å²) in [4.78, 5) is 4.41. The number of methoxy groups -OCH3 is 1. The molecule has 0 amide bonds. The van der Waals surface area contributed by atoms with Gasteiger partial charge in [-0.25, -0.2) is 4.98 Å². The number of hydrogen-bond donors (Lipinski definition) is 1. The summed E-state index contributed by atoms with van der Waals surface area (Å²) < 4.78 is 7.38. The van der Waals surface area contributed by atoms with Gasteiger partial charge in [0.15, 0.2) is 0 Å². The molecule has 0 bridgehead atoms. The van der Waals surface area contributed by atoms with Crippen LogP contribution in [0.3, 0.4) is 0 Å². The lowest BCUT2D eigenvalue weighted by atomic mass is 10.0. The molecule has 4 heteroatoms. The SMILES string of the molecule is COc1ccc2nc(N)n(CCCCCCC(C)C)c2c1. The molecule has 0 atom stereocenters. The predicted molar refractivity (Wildman–Crippen MR) is 88.6 cm³/mol. The van der Waals surface area contributed by atoms with Crippen LogP contribution in [0.2, 0.25) is 0 Å². The number of imidazole rings is 1. The highest BCUT2D eigenvalue weighted by Crippen LogP contribution is 2.23. The zero-order valence-electron chi connectivity index (χ0n) is 13.4. The van der Waals surface area contributed by atoms with Gasteiger partial charge in [-0.1, -0.05) is 39.5 Å². The Morgan fingerprint density at radius 3 is 2.67 bits per heavy atom. The van der Waals surface area contributed by atoms with E-state index in [1.165, 1.54) is 25.7 Å². The lowest BCUT2D eigenvalue weighted by molar-refractivity contribution is 0.415. The summed E-state index contributed by atoms with van der Waals surface area (Å²) in [6.07, 6.45) is 6.34. The first kappa shape index (κ1) is 15.7. The van der Waals surface area contributed by atoms with Gasteiger partial charge in [-0.2, -0.15) is 0 Å². The molecule has 0 aliphatic carbocycles. The average Bonchev–Trinajstić information content (AvgIpc) is 2.77. The number of anilines is 1. The molecule has 0 unspecified atom stereocenters. The predicted octanol–water partition coefficient (Wildman–Crippen LogP) is 4.23. The topological polar surface area (TPSA) is 53.1 Å². The largest absolute Gasteiger partial charge is 0.497 e. The highest BCUT2D eigenvalue weighted by molar-refractivity contribution is 5.79. The number of rotatable bonds is 8. The van der Waals surface area contributed by atoms with Crippen molar-refractivity contribution in [2.75, 3.05) is 12.8 Å².